The molecule has 1 amide bonds. The van der Waals surface area contributed by atoms with Gasteiger partial charge in [-0.1, -0.05) is 13.8 Å². The van der Waals surface area contributed by atoms with Crippen LogP contribution in [-0.2, 0) is 4.79 Å². The van der Waals surface area contributed by atoms with Crippen molar-refractivity contribution in [2.75, 3.05) is 13.6 Å². The highest BCUT2D eigenvalue weighted by molar-refractivity contribution is 5.75. The van der Waals surface area contributed by atoms with Crippen LogP contribution >= 0.6 is 0 Å². The average Bonchev–Trinajstić information content (AvgIpc) is 2.28. The molecule has 3 nitrogen and oxygen atoms in total. The van der Waals surface area contributed by atoms with Crippen LogP contribution in [0.5, 0.6) is 0 Å². The van der Waals surface area contributed by atoms with Crippen molar-refractivity contribution in [3.63, 3.8) is 0 Å². The first kappa shape index (κ1) is 12.5. The molecule has 1 rings (SSSR count). The van der Waals surface area contributed by atoms with E-state index in [1.165, 1.54) is 12.8 Å². The maximum Gasteiger partial charge on any atom is 0.222 e. The van der Waals surface area contributed by atoms with Crippen molar-refractivity contribution in [2.45, 2.75) is 58.0 Å². The van der Waals surface area contributed by atoms with Gasteiger partial charge in [0.1, 0.15) is 0 Å². The highest BCUT2D eigenvalue weighted by atomic mass is 16.2. The van der Waals surface area contributed by atoms with Gasteiger partial charge in [-0.25, -0.2) is 0 Å². The van der Waals surface area contributed by atoms with Crippen molar-refractivity contribution >= 4 is 5.91 Å². The molecule has 1 aliphatic carbocycles. The lowest BCUT2D eigenvalue weighted by Crippen LogP contribution is -2.43. The van der Waals surface area contributed by atoms with Crippen LogP contribution in [0.1, 0.15) is 46.0 Å². The molecule has 88 valence electrons. The predicted octanol–water partition coefficient (Wildman–Crippen LogP) is 1.78. The van der Waals surface area contributed by atoms with Gasteiger partial charge >= 0.3 is 0 Å². The highest BCUT2D eigenvalue weighted by Crippen LogP contribution is 2.22. The van der Waals surface area contributed by atoms with Gasteiger partial charge in [0, 0.05) is 25.6 Å². The Bertz CT molecular complexity index is 198. The third-order valence-corrected chi connectivity index (χ3v) is 3.43. The van der Waals surface area contributed by atoms with Gasteiger partial charge in [-0.3, -0.25) is 4.79 Å². The topological polar surface area (TPSA) is 32.3 Å². The Labute approximate surface area is 93.2 Å². The third kappa shape index (κ3) is 3.49. The third-order valence-electron chi connectivity index (χ3n) is 3.43. The normalized spacial score (nSPS) is 26.3. The smallest absolute Gasteiger partial charge is 0.222 e. The number of carbonyl (C=O) groups excluding carboxylic acids is 1. The minimum Gasteiger partial charge on any atom is -0.343 e. The van der Waals surface area contributed by atoms with E-state index in [-0.39, 0.29) is 5.91 Å². The maximum absolute atomic E-state index is 11.5. The number of nitrogens with zero attached hydrogens (tertiary/aromatic N) is 1. The van der Waals surface area contributed by atoms with Gasteiger partial charge < -0.3 is 10.2 Å². The summed E-state index contributed by atoms with van der Waals surface area (Å²) in [4.78, 5) is 13.5. The molecule has 0 heterocycles. The second-order valence-electron chi connectivity index (χ2n) is 4.42. The Balaban J connectivity index is 2.33. The number of nitrogens with one attached hydrogen (secondary N) is 1. The second kappa shape index (κ2) is 6.11. The van der Waals surface area contributed by atoms with Crippen LogP contribution in [0.2, 0.25) is 0 Å². The molecule has 1 N–H and O–H groups in total. The minimum atomic E-state index is 0.280. The molecule has 3 heteroatoms. The molecule has 0 unspecified atom stereocenters. The number of amides is 1. The number of hydrogen-bond acceptors (Lipinski definition) is 2. The zero-order chi connectivity index (χ0) is 11.3. The van der Waals surface area contributed by atoms with Crippen molar-refractivity contribution in [3.8, 4) is 0 Å². The van der Waals surface area contributed by atoms with Crippen molar-refractivity contribution in [1.82, 2.24) is 10.2 Å². The zero-order valence-corrected chi connectivity index (χ0v) is 10.3. The van der Waals surface area contributed by atoms with Gasteiger partial charge in [0.25, 0.3) is 0 Å². The molecule has 1 aliphatic rings. The van der Waals surface area contributed by atoms with Crippen LogP contribution in [0.4, 0.5) is 0 Å². The quantitative estimate of drug-likeness (QED) is 0.770. The fraction of sp³-hybridized carbons (Fsp3) is 0.917. The summed E-state index contributed by atoms with van der Waals surface area (Å²) in [6.45, 7) is 5.14. The molecule has 0 spiro atoms. The Hall–Kier alpha value is -0.570. The van der Waals surface area contributed by atoms with Crippen LogP contribution in [-0.4, -0.2) is 36.5 Å². The molecule has 0 aromatic carbocycles. The molecule has 1 fully saturated rings. The highest BCUT2D eigenvalue weighted by Gasteiger charge is 2.25. The molecule has 15 heavy (non-hydrogen) atoms. The van der Waals surface area contributed by atoms with E-state index in [2.05, 4.69) is 12.2 Å². The lowest BCUT2D eigenvalue weighted by atomic mass is 9.90. The summed E-state index contributed by atoms with van der Waals surface area (Å²) in [6, 6.07) is 1.16. The Morgan fingerprint density at radius 3 is 2.33 bits per heavy atom. The Kier molecular flexibility index (Phi) is 5.09. The van der Waals surface area contributed by atoms with Crippen LogP contribution in [0.3, 0.4) is 0 Å². The first-order valence-electron chi connectivity index (χ1n) is 6.18. The Morgan fingerprint density at radius 2 is 1.87 bits per heavy atom. The summed E-state index contributed by atoms with van der Waals surface area (Å²) in [6.07, 6.45) is 5.35. The SMILES string of the molecule is CCNC1CCC(N(C)C(=O)CC)CC1. The molecule has 0 aliphatic heterocycles. The summed E-state index contributed by atoms with van der Waals surface area (Å²) < 4.78 is 0. The van der Waals surface area contributed by atoms with Gasteiger partial charge in [0.15, 0.2) is 0 Å². The van der Waals surface area contributed by atoms with E-state index in [1.807, 2.05) is 18.9 Å². The van der Waals surface area contributed by atoms with E-state index in [0.29, 0.717) is 18.5 Å². The van der Waals surface area contributed by atoms with Crippen LogP contribution in [0.15, 0.2) is 0 Å². The lowest BCUT2D eigenvalue weighted by molar-refractivity contribution is -0.132. The van der Waals surface area contributed by atoms with E-state index >= 15 is 0 Å². The summed E-state index contributed by atoms with van der Waals surface area (Å²) >= 11 is 0. The fourth-order valence-corrected chi connectivity index (χ4v) is 2.41. The van der Waals surface area contributed by atoms with Gasteiger partial charge in [-0.05, 0) is 32.2 Å². The molecule has 0 radical (unpaired) electrons. The second-order valence-corrected chi connectivity index (χ2v) is 4.42. The van der Waals surface area contributed by atoms with E-state index in [9.17, 15) is 4.79 Å². The minimum absolute atomic E-state index is 0.280. The van der Waals surface area contributed by atoms with Crippen molar-refractivity contribution in [3.05, 3.63) is 0 Å². The van der Waals surface area contributed by atoms with E-state index in [1.54, 1.807) is 0 Å². The van der Waals surface area contributed by atoms with E-state index in [4.69, 9.17) is 0 Å². The first-order valence-corrected chi connectivity index (χ1v) is 6.18. The molecule has 0 saturated heterocycles. The van der Waals surface area contributed by atoms with E-state index < -0.39 is 0 Å². The van der Waals surface area contributed by atoms with Crippen molar-refractivity contribution < 1.29 is 4.79 Å². The number of rotatable bonds is 4. The van der Waals surface area contributed by atoms with Crippen LogP contribution in [0.25, 0.3) is 0 Å². The first-order chi connectivity index (χ1) is 7.19. The molecule has 1 saturated carbocycles. The Morgan fingerprint density at radius 1 is 1.27 bits per heavy atom. The maximum atomic E-state index is 11.5. The summed E-state index contributed by atoms with van der Waals surface area (Å²) in [7, 11) is 1.95. The predicted molar refractivity (Wildman–Crippen MR) is 62.8 cm³/mol. The summed E-state index contributed by atoms with van der Waals surface area (Å²) in [5.41, 5.74) is 0. The number of hydrogen-bond donors (Lipinski definition) is 1. The molecule has 0 bridgehead atoms. The van der Waals surface area contributed by atoms with Crippen molar-refractivity contribution in [2.24, 2.45) is 0 Å². The van der Waals surface area contributed by atoms with Gasteiger partial charge in [0.2, 0.25) is 5.91 Å². The number of carbonyl (C=O) groups is 1. The van der Waals surface area contributed by atoms with Crippen molar-refractivity contribution in [1.29, 1.82) is 0 Å². The average molecular weight is 212 g/mol. The zero-order valence-electron chi connectivity index (χ0n) is 10.3. The standard InChI is InChI=1S/C12H24N2O/c1-4-12(15)14(3)11-8-6-10(7-9-11)13-5-2/h10-11,13H,4-9H2,1-3H3. The summed E-state index contributed by atoms with van der Waals surface area (Å²) in [5, 5.41) is 3.48. The lowest BCUT2D eigenvalue weighted by Gasteiger charge is -2.34. The van der Waals surface area contributed by atoms with Gasteiger partial charge in [-0.15, -0.1) is 0 Å². The van der Waals surface area contributed by atoms with Crippen LogP contribution < -0.4 is 5.32 Å². The fourth-order valence-electron chi connectivity index (χ4n) is 2.41. The molecule has 0 aromatic heterocycles. The van der Waals surface area contributed by atoms with Gasteiger partial charge in [0.05, 0.1) is 0 Å². The molecular weight excluding hydrogens is 188 g/mol. The largest absolute Gasteiger partial charge is 0.343 e. The van der Waals surface area contributed by atoms with Crippen LogP contribution in [0, 0.1) is 0 Å². The molecule has 0 atom stereocenters. The van der Waals surface area contributed by atoms with E-state index in [0.717, 1.165) is 19.4 Å². The van der Waals surface area contributed by atoms with Gasteiger partial charge in [-0.2, -0.15) is 0 Å². The molecule has 0 aromatic rings. The summed E-state index contributed by atoms with van der Waals surface area (Å²) in [5.74, 6) is 0.280. The monoisotopic (exact) mass is 212 g/mol. The molecular formula is C12H24N2O.